The fourth-order valence-electron chi connectivity index (χ4n) is 2.48. The van der Waals surface area contributed by atoms with E-state index in [1.807, 2.05) is 26.0 Å². The van der Waals surface area contributed by atoms with Crippen LogP contribution in [0.15, 0.2) is 16.5 Å². The van der Waals surface area contributed by atoms with E-state index in [2.05, 4.69) is 5.32 Å². The third-order valence-electron chi connectivity index (χ3n) is 3.64. The van der Waals surface area contributed by atoms with Crippen molar-refractivity contribution in [1.82, 2.24) is 10.2 Å². The molecular weight excluding hydrogens is 272 g/mol. The van der Waals surface area contributed by atoms with Crippen molar-refractivity contribution in [3.8, 4) is 0 Å². The first-order valence-corrected chi connectivity index (χ1v) is 7.44. The maximum atomic E-state index is 12.4. The number of aryl methyl sites for hydroxylation is 1. The van der Waals surface area contributed by atoms with Gasteiger partial charge in [0.25, 0.3) is 0 Å². The molecule has 2 rings (SSSR count). The van der Waals surface area contributed by atoms with Crippen molar-refractivity contribution in [3.05, 3.63) is 23.7 Å². The number of nitrogens with zero attached hydrogens (tertiary/aromatic N) is 1. The van der Waals surface area contributed by atoms with Crippen LogP contribution in [0, 0.1) is 6.92 Å². The Labute approximate surface area is 125 Å². The van der Waals surface area contributed by atoms with E-state index in [9.17, 15) is 4.79 Å². The maximum absolute atomic E-state index is 12.4. The second-order valence-electron chi connectivity index (χ2n) is 5.45. The van der Waals surface area contributed by atoms with Crippen LogP contribution in [-0.2, 0) is 4.74 Å². The molecule has 6 heteroatoms. The van der Waals surface area contributed by atoms with Gasteiger partial charge in [-0.2, -0.15) is 0 Å². The molecule has 21 heavy (non-hydrogen) atoms. The summed E-state index contributed by atoms with van der Waals surface area (Å²) < 4.78 is 11.1. The Hall–Kier alpha value is -1.53. The molecule has 2 amide bonds. The van der Waals surface area contributed by atoms with Gasteiger partial charge in [-0.25, -0.2) is 4.79 Å². The number of furan rings is 1. The molecule has 0 aliphatic carbocycles. The minimum absolute atomic E-state index is 0.0338. The smallest absolute Gasteiger partial charge is 0.318 e. The molecule has 118 valence electrons. The average Bonchev–Trinajstić information content (AvgIpc) is 2.91. The molecule has 1 aliphatic rings. The summed E-state index contributed by atoms with van der Waals surface area (Å²) in [5.41, 5.74) is 0. The number of aliphatic hydroxyl groups excluding tert-OH is 1. The number of hydrogen-bond acceptors (Lipinski definition) is 4. The third-order valence-corrected chi connectivity index (χ3v) is 3.64. The number of ether oxygens (including phenoxy) is 1. The molecule has 2 heterocycles. The largest absolute Gasteiger partial charge is 0.464 e. The van der Waals surface area contributed by atoms with E-state index in [0.29, 0.717) is 26.2 Å². The van der Waals surface area contributed by atoms with Gasteiger partial charge in [0.1, 0.15) is 17.6 Å². The molecule has 0 radical (unpaired) electrons. The quantitative estimate of drug-likeness (QED) is 0.869. The molecular formula is C15H24N2O4. The van der Waals surface area contributed by atoms with Crippen molar-refractivity contribution < 1.29 is 19.1 Å². The van der Waals surface area contributed by atoms with E-state index in [1.54, 1.807) is 4.90 Å². The van der Waals surface area contributed by atoms with Gasteiger partial charge in [-0.15, -0.1) is 0 Å². The minimum atomic E-state index is -0.183. The normalized spacial score (nSPS) is 20.3. The van der Waals surface area contributed by atoms with Crippen LogP contribution in [-0.4, -0.2) is 48.4 Å². The first kappa shape index (κ1) is 15.9. The summed E-state index contributed by atoms with van der Waals surface area (Å²) in [7, 11) is 0. The van der Waals surface area contributed by atoms with Gasteiger partial charge in [0.15, 0.2) is 0 Å². The summed E-state index contributed by atoms with van der Waals surface area (Å²) in [6.07, 6.45) is 1.45. The van der Waals surface area contributed by atoms with Crippen LogP contribution in [0.3, 0.4) is 0 Å². The lowest BCUT2D eigenvalue weighted by molar-refractivity contribution is 0.00352. The lowest BCUT2D eigenvalue weighted by Crippen LogP contribution is -2.50. The van der Waals surface area contributed by atoms with Crippen molar-refractivity contribution >= 4 is 6.03 Å². The number of nitrogens with one attached hydrogen (secondary N) is 1. The van der Waals surface area contributed by atoms with Gasteiger partial charge in [-0.1, -0.05) is 0 Å². The van der Waals surface area contributed by atoms with E-state index >= 15 is 0 Å². The van der Waals surface area contributed by atoms with Crippen molar-refractivity contribution in [1.29, 1.82) is 0 Å². The van der Waals surface area contributed by atoms with E-state index in [4.69, 9.17) is 14.3 Å². The molecule has 1 aliphatic heterocycles. The molecule has 2 atom stereocenters. The monoisotopic (exact) mass is 296 g/mol. The molecule has 1 saturated heterocycles. The molecule has 2 unspecified atom stereocenters. The fraction of sp³-hybridized carbons (Fsp3) is 0.667. The number of carbonyl (C=O) groups is 1. The molecule has 0 saturated carbocycles. The van der Waals surface area contributed by atoms with Gasteiger partial charge in [-0.05, 0) is 38.8 Å². The van der Waals surface area contributed by atoms with Crippen molar-refractivity contribution in [3.63, 3.8) is 0 Å². The van der Waals surface area contributed by atoms with E-state index in [1.165, 1.54) is 0 Å². The number of aliphatic hydroxyl groups is 1. The average molecular weight is 296 g/mol. The highest BCUT2D eigenvalue weighted by Crippen LogP contribution is 2.26. The Bertz CT molecular complexity index is 460. The number of amides is 2. The van der Waals surface area contributed by atoms with E-state index in [0.717, 1.165) is 17.9 Å². The zero-order valence-corrected chi connectivity index (χ0v) is 12.7. The number of morpholine rings is 1. The minimum Gasteiger partial charge on any atom is -0.464 e. The second kappa shape index (κ2) is 7.47. The fourth-order valence-corrected chi connectivity index (χ4v) is 2.48. The maximum Gasteiger partial charge on any atom is 0.318 e. The van der Waals surface area contributed by atoms with E-state index < -0.39 is 0 Å². The molecule has 0 bridgehead atoms. The van der Waals surface area contributed by atoms with Gasteiger partial charge in [0, 0.05) is 19.2 Å². The van der Waals surface area contributed by atoms with Crippen LogP contribution in [0.5, 0.6) is 0 Å². The Kier molecular flexibility index (Phi) is 5.64. The first-order chi connectivity index (χ1) is 10.1. The van der Waals surface area contributed by atoms with Gasteiger partial charge >= 0.3 is 6.03 Å². The summed E-state index contributed by atoms with van der Waals surface area (Å²) in [6.45, 7) is 5.50. The number of carbonyl (C=O) groups excluding carboxylic acids is 1. The standard InChI is InChI=1S/C15H24N2O4/c1-11(4-3-8-18)16-15(19)17-7-9-20-10-13(17)14-6-5-12(2)21-14/h5-6,11,13,18H,3-4,7-10H2,1-2H3,(H,16,19). The molecule has 0 aromatic carbocycles. The lowest BCUT2D eigenvalue weighted by atomic mass is 10.1. The van der Waals surface area contributed by atoms with E-state index in [-0.39, 0.29) is 24.7 Å². The van der Waals surface area contributed by atoms with Crippen molar-refractivity contribution in [2.45, 2.75) is 38.8 Å². The second-order valence-corrected chi connectivity index (χ2v) is 5.45. The van der Waals surface area contributed by atoms with Crippen LogP contribution >= 0.6 is 0 Å². The Morgan fingerprint density at radius 1 is 1.57 bits per heavy atom. The summed E-state index contributed by atoms with van der Waals surface area (Å²) in [6, 6.07) is 3.53. The number of urea groups is 1. The number of rotatable bonds is 5. The van der Waals surface area contributed by atoms with Crippen LogP contribution in [0.1, 0.15) is 37.3 Å². The predicted molar refractivity (Wildman–Crippen MR) is 78.0 cm³/mol. The van der Waals surface area contributed by atoms with Gasteiger partial charge in [0.2, 0.25) is 0 Å². The molecule has 1 aromatic rings. The topological polar surface area (TPSA) is 74.9 Å². The summed E-state index contributed by atoms with van der Waals surface area (Å²) >= 11 is 0. The summed E-state index contributed by atoms with van der Waals surface area (Å²) in [5, 5.41) is 11.8. The molecule has 1 fully saturated rings. The molecule has 0 spiro atoms. The van der Waals surface area contributed by atoms with Crippen molar-refractivity contribution in [2.24, 2.45) is 0 Å². The highest BCUT2D eigenvalue weighted by atomic mass is 16.5. The van der Waals surface area contributed by atoms with Gasteiger partial charge in [-0.3, -0.25) is 0 Å². The molecule has 6 nitrogen and oxygen atoms in total. The van der Waals surface area contributed by atoms with Crippen molar-refractivity contribution in [2.75, 3.05) is 26.4 Å². The Morgan fingerprint density at radius 2 is 2.38 bits per heavy atom. The van der Waals surface area contributed by atoms with Gasteiger partial charge in [0.05, 0.1) is 13.2 Å². The first-order valence-electron chi connectivity index (χ1n) is 7.44. The number of hydrogen-bond donors (Lipinski definition) is 2. The Balaban J connectivity index is 1.99. The Morgan fingerprint density at radius 3 is 3.05 bits per heavy atom. The zero-order valence-electron chi connectivity index (χ0n) is 12.7. The summed E-state index contributed by atoms with van der Waals surface area (Å²) in [5.74, 6) is 1.58. The molecule has 2 N–H and O–H groups in total. The van der Waals surface area contributed by atoms with Crippen LogP contribution < -0.4 is 5.32 Å². The highest BCUT2D eigenvalue weighted by Gasteiger charge is 2.31. The van der Waals surface area contributed by atoms with Gasteiger partial charge < -0.3 is 24.5 Å². The SMILES string of the molecule is Cc1ccc(C2COCCN2C(=O)NC(C)CCCO)o1. The van der Waals surface area contributed by atoms with Crippen LogP contribution in [0.25, 0.3) is 0 Å². The molecule has 1 aromatic heterocycles. The lowest BCUT2D eigenvalue weighted by Gasteiger charge is -2.35. The zero-order chi connectivity index (χ0) is 15.2. The predicted octanol–water partition coefficient (Wildman–Crippen LogP) is 1.83. The summed E-state index contributed by atoms with van der Waals surface area (Å²) in [4.78, 5) is 14.2. The highest BCUT2D eigenvalue weighted by molar-refractivity contribution is 5.75. The van der Waals surface area contributed by atoms with Crippen LogP contribution in [0.4, 0.5) is 4.79 Å². The van der Waals surface area contributed by atoms with Crippen LogP contribution in [0.2, 0.25) is 0 Å². The third kappa shape index (κ3) is 4.22.